The first-order valence-corrected chi connectivity index (χ1v) is 10.3. The molecule has 0 heterocycles. The van der Waals surface area contributed by atoms with Crippen molar-refractivity contribution in [2.75, 3.05) is 13.3 Å². The summed E-state index contributed by atoms with van der Waals surface area (Å²) < 4.78 is 35.7. The fourth-order valence-corrected chi connectivity index (χ4v) is 5.35. The van der Waals surface area contributed by atoms with Crippen LogP contribution in [0, 0.1) is 5.92 Å². The van der Waals surface area contributed by atoms with Gasteiger partial charge in [0.15, 0.2) is 9.84 Å². The lowest BCUT2D eigenvalue weighted by Crippen LogP contribution is -2.44. The number of benzene rings is 1. The minimum Gasteiger partial charge on any atom is -0.316 e. The van der Waals surface area contributed by atoms with Gasteiger partial charge in [0.2, 0.25) is 0 Å². The summed E-state index contributed by atoms with van der Waals surface area (Å²) in [6.45, 7) is 2.20. The van der Waals surface area contributed by atoms with Gasteiger partial charge in [-0.25, -0.2) is 8.42 Å². The highest BCUT2D eigenvalue weighted by molar-refractivity contribution is 7.90. The molecule has 1 saturated carbocycles. The normalized spacial score (nSPS) is 28.2. The van der Waals surface area contributed by atoms with Gasteiger partial charge in [0.25, 0.3) is 0 Å². The van der Waals surface area contributed by atoms with Crippen LogP contribution in [0.5, 0.6) is 0 Å². The highest BCUT2D eigenvalue weighted by Crippen LogP contribution is 2.30. The lowest BCUT2D eigenvalue weighted by Gasteiger charge is -2.34. The van der Waals surface area contributed by atoms with E-state index in [2.05, 4.69) is 12.2 Å². The van der Waals surface area contributed by atoms with E-state index in [0.717, 1.165) is 19.3 Å². The summed E-state index contributed by atoms with van der Waals surface area (Å²) >= 11 is 0. The van der Waals surface area contributed by atoms with Crippen molar-refractivity contribution in [1.29, 1.82) is 0 Å². The van der Waals surface area contributed by atoms with Crippen molar-refractivity contribution in [1.82, 2.24) is 5.32 Å². The van der Waals surface area contributed by atoms with E-state index in [1.54, 1.807) is 24.3 Å². The minimum absolute atomic E-state index is 0.0860. The standard InChI is InChI=1S/C15H23NO3S2/c1-11-4-9-14(16-2)15(10-11)20(17)12-5-7-13(8-6-12)21(3,18)19/h5-8,11,14-16H,4,9-10H2,1-3H3. The Labute approximate surface area is 129 Å². The molecule has 1 fully saturated rings. The molecule has 2 rings (SSSR count). The Morgan fingerprint density at radius 1 is 1.19 bits per heavy atom. The Balaban J connectivity index is 2.22. The molecule has 4 unspecified atom stereocenters. The molecule has 21 heavy (non-hydrogen) atoms. The van der Waals surface area contributed by atoms with Crippen LogP contribution in [0.25, 0.3) is 0 Å². The van der Waals surface area contributed by atoms with Crippen molar-refractivity contribution in [3.63, 3.8) is 0 Å². The van der Waals surface area contributed by atoms with Gasteiger partial charge in [-0.1, -0.05) is 6.92 Å². The number of hydrogen-bond acceptors (Lipinski definition) is 4. The predicted molar refractivity (Wildman–Crippen MR) is 85.6 cm³/mol. The van der Waals surface area contributed by atoms with Crippen molar-refractivity contribution in [3.05, 3.63) is 24.3 Å². The van der Waals surface area contributed by atoms with Crippen LogP contribution in [0.1, 0.15) is 26.2 Å². The molecule has 0 saturated heterocycles. The van der Waals surface area contributed by atoms with Crippen LogP contribution >= 0.6 is 0 Å². The second kappa shape index (κ2) is 6.58. The maximum atomic E-state index is 12.8. The molecular weight excluding hydrogens is 306 g/mol. The Hall–Kier alpha value is -0.720. The summed E-state index contributed by atoms with van der Waals surface area (Å²) in [5, 5.41) is 3.36. The third-order valence-corrected chi connectivity index (χ3v) is 7.12. The molecule has 0 spiro atoms. The van der Waals surface area contributed by atoms with Gasteiger partial charge >= 0.3 is 0 Å². The molecule has 1 N–H and O–H groups in total. The van der Waals surface area contributed by atoms with E-state index >= 15 is 0 Å². The van der Waals surface area contributed by atoms with Crippen molar-refractivity contribution in [2.45, 2.75) is 47.3 Å². The van der Waals surface area contributed by atoms with Gasteiger partial charge in [0, 0.05) is 17.2 Å². The fourth-order valence-electron chi connectivity index (χ4n) is 2.89. The highest BCUT2D eigenvalue weighted by Gasteiger charge is 2.32. The third-order valence-electron chi connectivity index (χ3n) is 4.18. The lowest BCUT2D eigenvalue weighted by molar-refractivity contribution is 0.325. The first-order valence-electron chi connectivity index (χ1n) is 7.21. The van der Waals surface area contributed by atoms with E-state index in [0.29, 0.717) is 10.8 Å². The molecule has 4 atom stereocenters. The zero-order valence-corrected chi connectivity index (χ0v) is 14.3. The molecule has 118 valence electrons. The molecule has 0 aromatic heterocycles. The van der Waals surface area contributed by atoms with Crippen LogP contribution in [-0.4, -0.2) is 37.2 Å². The van der Waals surface area contributed by atoms with E-state index in [4.69, 9.17) is 0 Å². The fraction of sp³-hybridized carbons (Fsp3) is 0.600. The number of nitrogens with one attached hydrogen (secondary N) is 1. The molecule has 4 nitrogen and oxygen atoms in total. The molecule has 1 aliphatic rings. The van der Waals surface area contributed by atoms with Crippen molar-refractivity contribution in [3.8, 4) is 0 Å². The lowest BCUT2D eigenvalue weighted by atomic mass is 9.87. The van der Waals surface area contributed by atoms with Crippen LogP contribution in [0.4, 0.5) is 0 Å². The number of hydrogen-bond donors (Lipinski definition) is 1. The minimum atomic E-state index is -3.21. The topological polar surface area (TPSA) is 63.2 Å². The van der Waals surface area contributed by atoms with Crippen LogP contribution in [0.15, 0.2) is 34.1 Å². The number of rotatable bonds is 4. The SMILES string of the molecule is CNC1CCC(C)CC1S(=O)c1ccc(S(C)(=O)=O)cc1. The average Bonchev–Trinajstić information content (AvgIpc) is 2.45. The van der Waals surface area contributed by atoms with Crippen molar-refractivity contribution >= 4 is 20.6 Å². The summed E-state index contributed by atoms with van der Waals surface area (Å²) in [6, 6.07) is 6.71. The maximum Gasteiger partial charge on any atom is 0.175 e. The molecule has 6 heteroatoms. The van der Waals surface area contributed by atoms with Crippen LogP contribution in [0.3, 0.4) is 0 Å². The summed E-state index contributed by atoms with van der Waals surface area (Å²) in [7, 11) is -2.40. The van der Waals surface area contributed by atoms with E-state index in [-0.39, 0.29) is 16.2 Å². The summed E-state index contributed by atoms with van der Waals surface area (Å²) in [6.07, 6.45) is 4.31. The smallest absolute Gasteiger partial charge is 0.175 e. The van der Waals surface area contributed by atoms with Crippen LogP contribution in [0.2, 0.25) is 0 Å². The summed E-state index contributed by atoms with van der Waals surface area (Å²) in [5.74, 6) is 0.582. The predicted octanol–water partition coefficient (Wildman–Crippen LogP) is 1.97. The van der Waals surface area contributed by atoms with Gasteiger partial charge in [-0.05, 0) is 56.5 Å². The Bertz CT molecular complexity index is 610. The largest absolute Gasteiger partial charge is 0.316 e. The van der Waals surface area contributed by atoms with Crippen LogP contribution < -0.4 is 5.32 Å². The molecule has 0 aliphatic heterocycles. The van der Waals surface area contributed by atoms with Gasteiger partial charge in [-0.2, -0.15) is 0 Å². The number of sulfone groups is 1. The average molecular weight is 329 g/mol. The van der Waals surface area contributed by atoms with Gasteiger partial charge < -0.3 is 5.32 Å². The van der Waals surface area contributed by atoms with E-state index in [1.165, 1.54) is 6.26 Å². The van der Waals surface area contributed by atoms with Crippen molar-refractivity contribution < 1.29 is 12.6 Å². The second-order valence-electron chi connectivity index (χ2n) is 5.89. The Morgan fingerprint density at radius 2 is 1.81 bits per heavy atom. The summed E-state index contributed by atoms with van der Waals surface area (Å²) in [5.41, 5.74) is 0. The molecule has 1 aromatic rings. The van der Waals surface area contributed by atoms with Gasteiger partial charge in [0.1, 0.15) is 0 Å². The molecule has 1 aromatic carbocycles. The van der Waals surface area contributed by atoms with Gasteiger partial charge in [0.05, 0.1) is 20.9 Å². The third kappa shape index (κ3) is 3.93. The monoisotopic (exact) mass is 329 g/mol. The molecular formula is C15H23NO3S2. The Kier molecular flexibility index (Phi) is 5.22. The van der Waals surface area contributed by atoms with E-state index in [9.17, 15) is 12.6 Å². The van der Waals surface area contributed by atoms with Crippen LogP contribution in [-0.2, 0) is 20.6 Å². The van der Waals surface area contributed by atoms with E-state index in [1.807, 2.05) is 7.05 Å². The second-order valence-corrected chi connectivity index (χ2v) is 9.58. The zero-order chi connectivity index (χ0) is 15.6. The Morgan fingerprint density at radius 3 is 2.33 bits per heavy atom. The molecule has 0 bridgehead atoms. The molecule has 0 amide bonds. The van der Waals surface area contributed by atoms with E-state index < -0.39 is 20.6 Å². The van der Waals surface area contributed by atoms with Gasteiger partial charge in [-0.3, -0.25) is 4.21 Å². The maximum absolute atomic E-state index is 12.8. The van der Waals surface area contributed by atoms with Gasteiger partial charge in [-0.15, -0.1) is 0 Å². The van der Waals surface area contributed by atoms with Crippen molar-refractivity contribution in [2.24, 2.45) is 5.92 Å². The molecule has 0 radical (unpaired) electrons. The summed E-state index contributed by atoms with van der Waals surface area (Å²) in [4.78, 5) is 0.979. The zero-order valence-electron chi connectivity index (χ0n) is 12.7. The quantitative estimate of drug-likeness (QED) is 0.917. The first kappa shape index (κ1) is 16.6. The first-order chi connectivity index (χ1) is 9.82. The highest BCUT2D eigenvalue weighted by atomic mass is 32.2. The molecule has 1 aliphatic carbocycles.